The quantitative estimate of drug-likeness (QED) is 0.363. The molecule has 0 aromatic carbocycles. The monoisotopic (exact) mass is 594 g/mol. The molecule has 3 fully saturated rings. The summed E-state index contributed by atoms with van der Waals surface area (Å²) in [6, 6.07) is 4.60. The summed E-state index contributed by atoms with van der Waals surface area (Å²) in [7, 11) is 0. The highest BCUT2D eigenvalue weighted by Crippen LogP contribution is 2.57. The number of aromatic nitrogens is 6. The summed E-state index contributed by atoms with van der Waals surface area (Å²) in [5, 5.41) is 30.4. The maximum Gasteiger partial charge on any atom is 0.323 e. The van der Waals surface area contributed by atoms with Gasteiger partial charge in [-0.05, 0) is 19.4 Å². The van der Waals surface area contributed by atoms with Crippen molar-refractivity contribution in [1.82, 2.24) is 35.3 Å². The first kappa shape index (κ1) is 26.2. The van der Waals surface area contributed by atoms with Gasteiger partial charge in [0.15, 0.2) is 0 Å². The normalized spacial score (nSPS) is 24.1. The van der Waals surface area contributed by atoms with E-state index in [1.165, 1.54) is 11.3 Å². The zero-order valence-corrected chi connectivity index (χ0v) is 23.7. The van der Waals surface area contributed by atoms with E-state index in [2.05, 4.69) is 42.4 Å². The highest BCUT2D eigenvalue weighted by atomic mass is 32.2. The Balaban J connectivity index is 1.18. The van der Waals surface area contributed by atoms with E-state index in [0.29, 0.717) is 48.3 Å². The van der Waals surface area contributed by atoms with Crippen molar-refractivity contribution in [3.8, 4) is 18.1 Å². The van der Waals surface area contributed by atoms with Crippen LogP contribution >= 0.6 is 23.1 Å². The molecule has 13 nitrogen and oxygen atoms in total. The Bertz CT molecular complexity index is 1540. The number of thiophene rings is 1. The molecule has 0 amide bonds. The molecule has 7 heterocycles. The minimum absolute atomic E-state index is 0.0137. The van der Waals surface area contributed by atoms with Crippen molar-refractivity contribution in [3.63, 3.8) is 0 Å². The molecule has 4 aliphatic heterocycles. The van der Waals surface area contributed by atoms with Crippen LogP contribution in [0.4, 0.5) is 21.3 Å². The standard InChI is InChI=1S/C25H27FN12OS2/c26-15-6-24(2-1-4-38(24)9-15)14-39-23-32-21(36(5-3-27)10-16-8-30-35-34-16)31-22(33-23)37-12-25(13-37)19-17(7-28)20(29)41-18(19)11-40-25/h8,15H,1-2,4-6,9-14,29H2,(H,30,34,35)/t15-,24+/m1/s1. The molecule has 3 saturated heterocycles. The molecule has 16 heteroatoms. The SMILES string of the molecule is N#CCN(Cc1cn[nH]n1)c1nc(OC[C@@]23CCCN2C[C@H](F)C3)nc(N2CC3(C2)SCc2sc(N)c(C#N)c23)n1. The summed E-state index contributed by atoms with van der Waals surface area (Å²) in [5.41, 5.74) is 8.03. The van der Waals surface area contributed by atoms with Gasteiger partial charge in [0.25, 0.3) is 0 Å². The number of nitrogens with two attached hydrogens (primary N) is 1. The molecule has 0 saturated carbocycles. The molecule has 3 aromatic rings. The molecule has 0 radical (unpaired) electrons. The Hall–Kier alpha value is -3.73. The van der Waals surface area contributed by atoms with E-state index < -0.39 is 6.17 Å². The van der Waals surface area contributed by atoms with Crippen LogP contribution < -0.4 is 20.3 Å². The van der Waals surface area contributed by atoms with Gasteiger partial charge in [0.1, 0.15) is 36.1 Å². The maximum atomic E-state index is 14.4. The van der Waals surface area contributed by atoms with Gasteiger partial charge in [0.2, 0.25) is 11.9 Å². The Kier molecular flexibility index (Phi) is 6.37. The van der Waals surface area contributed by atoms with Crippen molar-refractivity contribution in [1.29, 1.82) is 10.5 Å². The van der Waals surface area contributed by atoms with Gasteiger partial charge in [-0.25, -0.2) is 4.39 Å². The third-order valence-corrected chi connectivity index (χ3v) is 11.1. The van der Waals surface area contributed by atoms with Gasteiger partial charge in [-0.2, -0.15) is 40.9 Å². The van der Waals surface area contributed by atoms with Crippen molar-refractivity contribution >= 4 is 40.0 Å². The number of anilines is 3. The predicted octanol–water partition coefficient (Wildman–Crippen LogP) is 1.95. The number of hydrogen-bond acceptors (Lipinski definition) is 14. The summed E-state index contributed by atoms with van der Waals surface area (Å²) in [4.78, 5) is 21.1. The topological polar surface area (TPSA) is 173 Å². The van der Waals surface area contributed by atoms with Crippen LogP contribution in [0.3, 0.4) is 0 Å². The van der Waals surface area contributed by atoms with Gasteiger partial charge in [-0.1, -0.05) is 0 Å². The predicted molar refractivity (Wildman–Crippen MR) is 150 cm³/mol. The minimum atomic E-state index is -0.868. The first-order valence-electron chi connectivity index (χ1n) is 13.4. The molecule has 3 aromatic heterocycles. The van der Waals surface area contributed by atoms with Gasteiger partial charge >= 0.3 is 6.01 Å². The smallest absolute Gasteiger partial charge is 0.323 e. The van der Waals surface area contributed by atoms with E-state index in [9.17, 15) is 14.9 Å². The van der Waals surface area contributed by atoms with Crippen molar-refractivity contribution in [2.24, 2.45) is 0 Å². The largest absolute Gasteiger partial charge is 0.461 e. The highest BCUT2D eigenvalue weighted by molar-refractivity contribution is 8.00. The number of nitrogens with zero attached hydrogens (tertiary/aromatic N) is 10. The number of H-pyrrole nitrogens is 1. The second-order valence-corrected chi connectivity index (χ2v) is 13.4. The highest BCUT2D eigenvalue weighted by Gasteiger charge is 2.53. The molecule has 0 unspecified atom stereocenters. The van der Waals surface area contributed by atoms with Crippen LogP contribution in [0, 0.1) is 22.7 Å². The molecule has 41 heavy (non-hydrogen) atoms. The van der Waals surface area contributed by atoms with Gasteiger partial charge in [-0.3, -0.25) is 4.90 Å². The van der Waals surface area contributed by atoms with Crippen LogP contribution in [-0.2, 0) is 17.0 Å². The molecular formula is C25H27FN12OS2. The summed E-state index contributed by atoms with van der Waals surface area (Å²) in [5.74, 6) is 1.52. The van der Waals surface area contributed by atoms with Crippen LogP contribution in [-0.4, -0.2) is 86.3 Å². The second kappa shape index (κ2) is 9.97. The Labute approximate surface area is 243 Å². The number of nitrogens with one attached hydrogen (secondary N) is 1. The molecule has 1 spiro atoms. The zero-order valence-electron chi connectivity index (χ0n) is 22.1. The lowest BCUT2D eigenvalue weighted by atomic mass is 9.88. The lowest BCUT2D eigenvalue weighted by molar-refractivity contribution is 0.107. The number of nitriles is 2. The van der Waals surface area contributed by atoms with Gasteiger partial charge in [0.05, 0.1) is 34.7 Å². The van der Waals surface area contributed by atoms with Gasteiger partial charge in [0, 0.05) is 42.2 Å². The average Bonchev–Trinajstić information content (AvgIpc) is 3.74. The lowest BCUT2D eigenvalue weighted by Crippen LogP contribution is -2.57. The van der Waals surface area contributed by atoms with Crippen molar-refractivity contribution in [2.75, 3.05) is 54.9 Å². The van der Waals surface area contributed by atoms with E-state index >= 15 is 0 Å². The third kappa shape index (κ3) is 4.41. The van der Waals surface area contributed by atoms with E-state index in [1.807, 2.05) is 16.7 Å². The summed E-state index contributed by atoms with van der Waals surface area (Å²) in [6.07, 6.45) is 3.02. The molecule has 7 rings (SSSR count). The number of alkyl halides is 1. The fourth-order valence-corrected chi connectivity index (χ4v) is 9.35. The molecule has 0 aliphatic carbocycles. The van der Waals surface area contributed by atoms with Crippen LogP contribution in [0.2, 0.25) is 0 Å². The Morgan fingerprint density at radius 1 is 1.29 bits per heavy atom. The van der Waals surface area contributed by atoms with Crippen LogP contribution in [0.1, 0.15) is 41.0 Å². The zero-order chi connectivity index (χ0) is 28.2. The van der Waals surface area contributed by atoms with Crippen molar-refractivity contribution < 1.29 is 9.13 Å². The number of halogens is 1. The first-order chi connectivity index (χ1) is 19.9. The number of fused-ring (bicyclic) bond motifs is 3. The number of rotatable bonds is 8. The summed E-state index contributed by atoms with van der Waals surface area (Å²) < 4.78 is 20.3. The minimum Gasteiger partial charge on any atom is -0.461 e. The third-order valence-electron chi connectivity index (χ3n) is 8.42. The molecule has 212 valence electrons. The van der Waals surface area contributed by atoms with E-state index in [1.54, 1.807) is 11.1 Å². The van der Waals surface area contributed by atoms with Gasteiger partial charge < -0.3 is 20.3 Å². The molecule has 0 bridgehead atoms. The fraction of sp³-hybridized carbons (Fsp3) is 0.560. The lowest BCUT2D eigenvalue weighted by Gasteiger charge is -2.47. The Morgan fingerprint density at radius 3 is 2.95 bits per heavy atom. The van der Waals surface area contributed by atoms with E-state index in [-0.39, 0.29) is 41.9 Å². The first-order valence-corrected chi connectivity index (χ1v) is 15.2. The second-order valence-electron chi connectivity index (χ2n) is 10.9. The van der Waals surface area contributed by atoms with Crippen molar-refractivity contribution in [2.45, 2.75) is 48.0 Å². The van der Waals surface area contributed by atoms with Crippen LogP contribution in [0.15, 0.2) is 6.20 Å². The number of hydrogen-bond donors (Lipinski definition) is 2. The number of thioether (sulfide) groups is 1. The summed E-state index contributed by atoms with van der Waals surface area (Å²) in [6.45, 7) is 3.04. The molecule has 4 aliphatic rings. The molecule has 3 N–H and O–H groups in total. The number of ether oxygens (including phenoxy) is 1. The summed E-state index contributed by atoms with van der Waals surface area (Å²) >= 11 is 3.30. The average molecular weight is 595 g/mol. The van der Waals surface area contributed by atoms with Crippen molar-refractivity contribution in [3.05, 3.63) is 27.9 Å². The Morgan fingerprint density at radius 2 is 2.17 bits per heavy atom. The van der Waals surface area contributed by atoms with Crippen LogP contribution in [0.5, 0.6) is 6.01 Å². The number of aromatic amines is 1. The van der Waals surface area contributed by atoms with Crippen LogP contribution in [0.25, 0.3) is 0 Å². The fourth-order valence-electron chi connectivity index (χ4n) is 6.54. The van der Waals surface area contributed by atoms with E-state index in [4.69, 9.17) is 15.5 Å². The molecular weight excluding hydrogens is 567 g/mol. The number of nitrogen functional groups attached to an aromatic ring is 1. The van der Waals surface area contributed by atoms with Gasteiger partial charge in [-0.15, -0.1) is 23.1 Å². The molecule has 2 atom stereocenters. The van der Waals surface area contributed by atoms with E-state index in [0.717, 1.165) is 35.6 Å². The maximum absolute atomic E-state index is 14.4.